The van der Waals surface area contributed by atoms with Crippen LogP contribution in [0.5, 0.6) is 0 Å². The quantitative estimate of drug-likeness (QED) is 0.121. The molecule has 2 aliphatic heterocycles. The highest BCUT2D eigenvalue weighted by Crippen LogP contribution is 2.38. The summed E-state index contributed by atoms with van der Waals surface area (Å²) in [5.74, 6) is -2.54. The molecule has 0 aliphatic carbocycles. The van der Waals surface area contributed by atoms with Gasteiger partial charge in [0.15, 0.2) is 5.84 Å². The number of carbonyl (C=O) groups excluding carboxylic acids is 3. The number of halogens is 5. The number of nitrogens with zero attached hydrogens (tertiary/aromatic N) is 3. The molecule has 2 heterocycles. The minimum Gasteiger partial charge on any atom is -0.444 e. The smallest absolute Gasteiger partial charge is 0.408 e. The first-order valence-electron chi connectivity index (χ1n) is 14.7. The van der Waals surface area contributed by atoms with Crippen LogP contribution < -0.4 is 16.0 Å². The second kappa shape index (κ2) is 14.3. The number of piperidine rings is 1. The average molecular weight is 702 g/mol. The van der Waals surface area contributed by atoms with Gasteiger partial charge in [-0.15, -0.1) is 11.8 Å². The number of fused-ring (bicyclic) bond motifs is 1. The van der Waals surface area contributed by atoms with Crippen LogP contribution in [0.1, 0.15) is 51.7 Å². The zero-order valence-corrected chi connectivity index (χ0v) is 27.8. The number of amidine groups is 1. The van der Waals surface area contributed by atoms with E-state index in [0.717, 1.165) is 11.8 Å². The van der Waals surface area contributed by atoms with Crippen molar-refractivity contribution in [3.8, 4) is 0 Å². The van der Waals surface area contributed by atoms with Crippen molar-refractivity contribution >= 4 is 52.9 Å². The largest absolute Gasteiger partial charge is 0.444 e. The van der Waals surface area contributed by atoms with Crippen molar-refractivity contribution in [1.29, 1.82) is 0 Å². The topological polar surface area (TPSA) is 127 Å². The van der Waals surface area contributed by atoms with Crippen molar-refractivity contribution in [2.75, 3.05) is 30.3 Å². The molecule has 1 atom stereocenters. The number of nitrogens with one attached hydrogen (secondary N) is 1. The lowest BCUT2D eigenvalue weighted by Crippen LogP contribution is -2.50. The van der Waals surface area contributed by atoms with Crippen LogP contribution in [0.25, 0.3) is 0 Å². The van der Waals surface area contributed by atoms with E-state index in [1.54, 1.807) is 52.0 Å². The average Bonchev–Trinajstić information content (AvgIpc) is 3.08. The fraction of sp³-hybridized carbons (Fsp3) is 0.484. The van der Waals surface area contributed by atoms with E-state index in [1.165, 1.54) is 21.9 Å². The van der Waals surface area contributed by atoms with Crippen molar-refractivity contribution in [3.05, 3.63) is 58.4 Å². The van der Waals surface area contributed by atoms with E-state index in [-0.39, 0.29) is 49.5 Å². The Hall–Kier alpha value is -3.56. The van der Waals surface area contributed by atoms with Gasteiger partial charge in [0.1, 0.15) is 17.5 Å². The number of carbonyl (C=O) groups is 3. The van der Waals surface area contributed by atoms with Gasteiger partial charge in [-0.1, -0.05) is 28.9 Å². The van der Waals surface area contributed by atoms with Crippen LogP contribution >= 0.6 is 23.4 Å². The fourth-order valence-corrected chi connectivity index (χ4v) is 6.22. The number of thioether (sulfide) groups is 1. The maximum atomic E-state index is 15.5. The van der Waals surface area contributed by atoms with Crippen molar-refractivity contribution in [1.82, 2.24) is 10.2 Å². The summed E-state index contributed by atoms with van der Waals surface area (Å²) in [6, 6.07) is 8.20. The molecule has 1 fully saturated rings. The van der Waals surface area contributed by atoms with Gasteiger partial charge in [0.25, 0.3) is 5.91 Å². The summed E-state index contributed by atoms with van der Waals surface area (Å²) >= 11 is 7.18. The lowest BCUT2D eigenvalue weighted by molar-refractivity contribution is -0.163. The Labute approximate surface area is 278 Å². The van der Waals surface area contributed by atoms with Gasteiger partial charge in [-0.3, -0.25) is 9.69 Å². The molecule has 0 bridgehead atoms. The van der Waals surface area contributed by atoms with E-state index >= 15 is 4.39 Å². The Morgan fingerprint density at radius 2 is 1.79 bits per heavy atom. The van der Waals surface area contributed by atoms with E-state index < -0.39 is 59.4 Å². The summed E-state index contributed by atoms with van der Waals surface area (Å²) in [6.07, 6.45) is -4.95. The van der Waals surface area contributed by atoms with Crippen molar-refractivity contribution < 1.29 is 41.5 Å². The van der Waals surface area contributed by atoms with Crippen LogP contribution in [0.3, 0.4) is 0 Å². The SMILES string of the molecule is CC(C)(C)OC(=O)N[C@H]1CSc2cc(F)c(/C(N)=N/OC(=O)C3(C)CCN(CC(F)(F)F)CC3)cc2N(Cc2ccc(Cl)cc2)C1=O. The molecule has 0 aromatic heterocycles. The second-order valence-corrected chi connectivity index (χ2v) is 14.2. The highest BCUT2D eigenvalue weighted by atomic mass is 35.5. The summed E-state index contributed by atoms with van der Waals surface area (Å²) in [5.41, 5.74) is 4.86. The molecule has 10 nitrogen and oxygen atoms in total. The normalized spacial score (nSPS) is 19.1. The van der Waals surface area contributed by atoms with Gasteiger partial charge in [-0.2, -0.15) is 13.2 Å². The number of rotatable bonds is 7. The summed E-state index contributed by atoms with van der Waals surface area (Å²) < 4.78 is 59.1. The molecule has 3 N–H and O–H groups in total. The van der Waals surface area contributed by atoms with Crippen LogP contribution in [-0.4, -0.2) is 71.9 Å². The highest BCUT2D eigenvalue weighted by molar-refractivity contribution is 7.99. The Balaban J connectivity index is 1.58. The molecule has 0 unspecified atom stereocenters. The molecular formula is C31H36ClF4N5O5S. The molecule has 16 heteroatoms. The van der Waals surface area contributed by atoms with Crippen LogP contribution in [0.4, 0.5) is 28.0 Å². The number of hydrogen-bond donors (Lipinski definition) is 2. The third-order valence-corrected chi connectivity index (χ3v) is 9.00. The van der Waals surface area contributed by atoms with Gasteiger partial charge in [-0.25, -0.2) is 14.0 Å². The molecule has 2 aromatic carbocycles. The van der Waals surface area contributed by atoms with Gasteiger partial charge in [0.05, 0.1) is 29.8 Å². The number of hydrogen-bond acceptors (Lipinski definition) is 8. The predicted molar refractivity (Wildman–Crippen MR) is 170 cm³/mol. The first-order valence-corrected chi connectivity index (χ1v) is 16.1. The number of oxime groups is 1. The predicted octanol–water partition coefficient (Wildman–Crippen LogP) is 5.84. The Morgan fingerprint density at radius 3 is 2.38 bits per heavy atom. The maximum Gasteiger partial charge on any atom is 0.408 e. The molecular weight excluding hydrogens is 666 g/mol. The molecule has 1 saturated heterocycles. The highest BCUT2D eigenvalue weighted by Gasteiger charge is 2.42. The van der Waals surface area contributed by atoms with Gasteiger partial charge in [-0.05, 0) is 83.5 Å². The van der Waals surface area contributed by atoms with E-state index in [9.17, 15) is 27.6 Å². The lowest BCUT2D eigenvalue weighted by Gasteiger charge is -2.37. The van der Waals surface area contributed by atoms with E-state index in [1.807, 2.05) is 0 Å². The second-order valence-electron chi connectivity index (χ2n) is 12.7. The monoisotopic (exact) mass is 701 g/mol. The molecule has 0 saturated carbocycles. The first kappa shape index (κ1) is 36.3. The third-order valence-electron chi connectivity index (χ3n) is 7.61. The molecule has 2 aliphatic rings. The number of alkyl halides is 3. The maximum absolute atomic E-state index is 15.5. The van der Waals surface area contributed by atoms with E-state index in [0.29, 0.717) is 15.5 Å². The standard InChI is InChI=1S/C31H36ClF4N5O5S/c1-29(2,3)45-28(44)38-22-16-47-24-14-21(33)20(13-23(24)41(26(22)42)15-18-5-7-19(32)8-6-18)25(37)39-46-27(43)30(4)9-11-40(12-10-30)17-31(34,35)36/h5-8,13-14,22H,9-12,15-17H2,1-4H3,(H2,37,39)(H,38,44)/t22-/m0/s1. The molecule has 0 radical (unpaired) electrons. The van der Waals surface area contributed by atoms with Crippen LogP contribution in [-0.2, 0) is 25.7 Å². The van der Waals surface area contributed by atoms with Crippen molar-refractivity contribution in [2.24, 2.45) is 16.3 Å². The fourth-order valence-electron chi connectivity index (χ4n) is 5.02. The minimum absolute atomic E-state index is 0.0247. The molecule has 47 heavy (non-hydrogen) atoms. The third kappa shape index (κ3) is 9.73. The zero-order chi connectivity index (χ0) is 34.7. The first-order chi connectivity index (χ1) is 21.8. The van der Waals surface area contributed by atoms with Gasteiger partial charge < -0.3 is 25.5 Å². The summed E-state index contributed by atoms with van der Waals surface area (Å²) in [4.78, 5) is 47.4. The molecule has 256 valence electrons. The number of anilines is 1. The Bertz CT molecular complexity index is 1530. The van der Waals surface area contributed by atoms with Crippen LogP contribution in [0, 0.1) is 11.2 Å². The molecule has 4 rings (SSSR count). The van der Waals surface area contributed by atoms with Crippen LogP contribution in [0.2, 0.25) is 5.02 Å². The van der Waals surface area contributed by atoms with Gasteiger partial charge in [0, 0.05) is 15.7 Å². The number of ether oxygens (including phenoxy) is 1. The summed E-state index contributed by atoms with van der Waals surface area (Å²) in [7, 11) is 0. The molecule has 2 amide bonds. The van der Waals surface area contributed by atoms with Gasteiger partial charge in [0.2, 0.25) is 0 Å². The van der Waals surface area contributed by atoms with E-state index in [2.05, 4.69) is 10.5 Å². The molecule has 2 aromatic rings. The lowest BCUT2D eigenvalue weighted by atomic mass is 9.80. The van der Waals surface area contributed by atoms with Crippen LogP contribution in [0.15, 0.2) is 46.4 Å². The number of benzene rings is 2. The minimum atomic E-state index is -4.35. The van der Waals surface area contributed by atoms with Gasteiger partial charge >= 0.3 is 18.2 Å². The van der Waals surface area contributed by atoms with E-state index in [4.69, 9.17) is 26.9 Å². The van der Waals surface area contributed by atoms with Crippen molar-refractivity contribution in [3.63, 3.8) is 0 Å². The summed E-state index contributed by atoms with van der Waals surface area (Å²) in [5, 5.41) is 6.76. The Morgan fingerprint density at radius 1 is 1.15 bits per heavy atom. The van der Waals surface area contributed by atoms with Crippen molar-refractivity contribution in [2.45, 2.75) is 69.8 Å². The number of likely N-dealkylation sites (tertiary alicyclic amines) is 1. The Kier molecular flexibility index (Phi) is 11.0. The number of nitrogens with two attached hydrogens (primary N) is 1. The number of alkyl carbamates (subject to hydrolysis) is 1. The summed E-state index contributed by atoms with van der Waals surface area (Å²) in [6.45, 7) is 5.64. The zero-order valence-electron chi connectivity index (χ0n) is 26.2. The number of amides is 2. The molecule has 0 spiro atoms.